The van der Waals surface area contributed by atoms with Gasteiger partial charge in [-0.25, -0.2) is 4.79 Å². The van der Waals surface area contributed by atoms with Gasteiger partial charge in [0.25, 0.3) is 5.79 Å². The number of aromatic nitrogens is 1. The molecule has 0 bridgehead atoms. The van der Waals surface area contributed by atoms with Gasteiger partial charge in [0.1, 0.15) is 0 Å². The maximum Gasteiger partial charge on any atom is 0.409 e. The highest BCUT2D eigenvalue weighted by Gasteiger charge is 2.45. The monoisotopic (exact) mass is 390 g/mol. The van der Waals surface area contributed by atoms with Crippen molar-refractivity contribution in [2.24, 2.45) is 0 Å². The van der Waals surface area contributed by atoms with E-state index in [1.54, 1.807) is 11.1 Å². The molecule has 3 aromatic rings. The second-order valence-electron chi connectivity index (χ2n) is 7.34. The van der Waals surface area contributed by atoms with Gasteiger partial charge in [-0.1, -0.05) is 24.3 Å². The largest absolute Gasteiger partial charge is 0.450 e. The first kappa shape index (κ1) is 17.8. The lowest BCUT2D eigenvalue weighted by Gasteiger charge is -2.36. The number of carbonyl (C=O) groups excluding carboxylic acids is 1. The average molecular weight is 390 g/mol. The van der Waals surface area contributed by atoms with Crippen LogP contribution in [-0.4, -0.2) is 41.5 Å². The summed E-state index contributed by atoms with van der Waals surface area (Å²) < 4.78 is 17.6. The van der Waals surface area contributed by atoms with Crippen molar-refractivity contribution in [3.8, 4) is 22.6 Å². The summed E-state index contributed by atoms with van der Waals surface area (Å²) in [6.45, 7) is 3.29. The normalized spacial score (nSPS) is 16.9. The molecular formula is C23H22N2O4. The molecule has 2 aliphatic rings. The molecule has 0 radical (unpaired) electrons. The van der Waals surface area contributed by atoms with Crippen LogP contribution in [0.15, 0.2) is 54.7 Å². The summed E-state index contributed by atoms with van der Waals surface area (Å²) in [5, 5.41) is 1.10. The van der Waals surface area contributed by atoms with Gasteiger partial charge in [-0.3, -0.25) is 4.98 Å². The average Bonchev–Trinajstić information content (AvgIpc) is 3.10. The molecule has 0 N–H and O–H groups in total. The topological polar surface area (TPSA) is 60.9 Å². The molecule has 2 aromatic carbocycles. The maximum absolute atomic E-state index is 11.9. The molecule has 0 saturated carbocycles. The number of pyridine rings is 1. The smallest absolute Gasteiger partial charge is 0.409 e. The van der Waals surface area contributed by atoms with Crippen LogP contribution in [0.4, 0.5) is 4.79 Å². The number of benzene rings is 2. The Labute approximate surface area is 169 Å². The van der Waals surface area contributed by atoms with Crippen LogP contribution >= 0.6 is 0 Å². The Bertz CT molecular complexity index is 1070. The number of likely N-dealkylation sites (tertiary alicyclic amines) is 1. The first-order valence-electron chi connectivity index (χ1n) is 9.95. The molecule has 1 saturated heterocycles. The molecule has 1 aromatic heterocycles. The minimum absolute atomic E-state index is 0.273. The van der Waals surface area contributed by atoms with Crippen LogP contribution in [0.1, 0.15) is 19.8 Å². The number of hydrogen-bond donors (Lipinski definition) is 0. The zero-order valence-electron chi connectivity index (χ0n) is 16.3. The summed E-state index contributed by atoms with van der Waals surface area (Å²) in [5.41, 5.74) is 3.14. The Morgan fingerprint density at radius 2 is 1.93 bits per heavy atom. The van der Waals surface area contributed by atoms with Gasteiger partial charge in [0, 0.05) is 37.5 Å². The van der Waals surface area contributed by atoms with Crippen LogP contribution in [0.2, 0.25) is 0 Å². The molecule has 6 nitrogen and oxygen atoms in total. The molecule has 29 heavy (non-hydrogen) atoms. The van der Waals surface area contributed by atoms with E-state index in [1.807, 2.05) is 37.3 Å². The van der Waals surface area contributed by atoms with Gasteiger partial charge >= 0.3 is 6.09 Å². The lowest BCUT2D eigenvalue weighted by molar-refractivity contribution is -0.115. The lowest BCUT2D eigenvalue weighted by atomic mass is 10.0. The second kappa shape index (κ2) is 6.95. The molecule has 0 aliphatic carbocycles. The molecule has 0 unspecified atom stereocenters. The molecule has 1 fully saturated rings. The summed E-state index contributed by atoms with van der Waals surface area (Å²) in [5.74, 6) is 0.786. The fourth-order valence-corrected chi connectivity index (χ4v) is 4.07. The summed E-state index contributed by atoms with van der Waals surface area (Å²) in [6, 6.07) is 16.2. The van der Waals surface area contributed by atoms with Gasteiger partial charge in [-0.2, -0.15) is 0 Å². The first-order valence-corrected chi connectivity index (χ1v) is 9.95. The van der Waals surface area contributed by atoms with Gasteiger partial charge in [-0.15, -0.1) is 0 Å². The predicted octanol–water partition coefficient (Wildman–Crippen LogP) is 4.62. The predicted molar refractivity (Wildman–Crippen MR) is 109 cm³/mol. The molecule has 6 heteroatoms. The van der Waals surface area contributed by atoms with E-state index in [0.29, 0.717) is 32.5 Å². The van der Waals surface area contributed by atoms with Gasteiger partial charge in [0.15, 0.2) is 11.5 Å². The number of piperidine rings is 1. The van der Waals surface area contributed by atoms with Crippen LogP contribution in [0, 0.1) is 0 Å². The van der Waals surface area contributed by atoms with Crippen molar-refractivity contribution in [3.05, 3.63) is 54.7 Å². The molecule has 0 atom stereocenters. The maximum atomic E-state index is 11.9. The Balaban J connectivity index is 1.38. The Morgan fingerprint density at radius 1 is 1.10 bits per heavy atom. The molecule has 148 valence electrons. The fourth-order valence-electron chi connectivity index (χ4n) is 4.07. The van der Waals surface area contributed by atoms with Crippen molar-refractivity contribution in [2.45, 2.75) is 25.6 Å². The van der Waals surface area contributed by atoms with E-state index >= 15 is 0 Å². The number of ether oxygens (including phenoxy) is 3. The zero-order chi connectivity index (χ0) is 19.8. The van der Waals surface area contributed by atoms with E-state index in [-0.39, 0.29) is 6.09 Å². The Hall–Kier alpha value is -3.28. The molecular weight excluding hydrogens is 368 g/mol. The third-order valence-corrected chi connectivity index (χ3v) is 5.54. The number of carbonyl (C=O) groups is 1. The number of rotatable bonds is 2. The lowest BCUT2D eigenvalue weighted by Crippen LogP contribution is -2.51. The van der Waals surface area contributed by atoms with Crippen LogP contribution in [0.3, 0.4) is 0 Å². The van der Waals surface area contributed by atoms with E-state index < -0.39 is 5.79 Å². The van der Waals surface area contributed by atoms with Gasteiger partial charge < -0.3 is 19.1 Å². The minimum Gasteiger partial charge on any atom is -0.450 e. The molecule has 3 heterocycles. The standard InChI is InChI=1S/C23H22N2O4/c1-2-27-22(26)25-13-10-23(11-14-25)28-20-9-8-16(15-21(20)29-23)17-5-3-7-19-18(17)6-4-12-24-19/h3-9,12,15H,2,10-11,13-14H2,1H3. The quantitative estimate of drug-likeness (QED) is 0.639. The van der Waals surface area contributed by atoms with Crippen molar-refractivity contribution in [1.29, 1.82) is 0 Å². The Kier molecular flexibility index (Phi) is 4.27. The molecule has 1 spiro atoms. The van der Waals surface area contributed by atoms with Crippen LogP contribution in [0.5, 0.6) is 11.5 Å². The molecule has 5 rings (SSSR count). The highest BCUT2D eigenvalue weighted by atomic mass is 16.7. The van der Waals surface area contributed by atoms with Gasteiger partial charge in [0.2, 0.25) is 0 Å². The van der Waals surface area contributed by atoms with Crippen LogP contribution < -0.4 is 9.47 Å². The van der Waals surface area contributed by atoms with E-state index in [9.17, 15) is 4.79 Å². The first-order chi connectivity index (χ1) is 14.2. The van der Waals surface area contributed by atoms with E-state index in [2.05, 4.69) is 23.2 Å². The van der Waals surface area contributed by atoms with Crippen molar-refractivity contribution in [2.75, 3.05) is 19.7 Å². The summed E-state index contributed by atoms with van der Waals surface area (Å²) >= 11 is 0. The SMILES string of the molecule is CCOC(=O)N1CCC2(CC1)Oc1ccc(-c3cccc4ncccc34)cc1O2. The van der Waals surface area contributed by atoms with Gasteiger partial charge in [-0.05, 0) is 42.3 Å². The van der Waals surface area contributed by atoms with Crippen LogP contribution in [0.25, 0.3) is 22.0 Å². The highest BCUT2D eigenvalue weighted by molar-refractivity contribution is 5.94. The fraction of sp³-hybridized carbons (Fsp3) is 0.304. The number of fused-ring (bicyclic) bond motifs is 2. The van der Waals surface area contributed by atoms with Crippen molar-refractivity contribution < 1.29 is 19.0 Å². The molecule has 1 amide bonds. The summed E-state index contributed by atoms with van der Waals surface area (Å²) in [4.78, 5) is 18.1. The second-order valence-corrected chi connectivity index (χ2v) is 7.34. The number of nitrogens with zero attached hydrogens (tertiary/aromatic N) is 2. The van der Waals surface area contributed by atoms with Crippen LogP contribution in [-0.2, 0) is 4.74 Å². The van der Waals surface area contributed by atoms with E-state index in [1.165, 1.54) is 0 Å². The number of hydrogen-bond acceptors (Lipinski definition) is 5. The minimum atomic E-state index is -0.704. The Morgan fingerprint density at radius 3 is 2.76 bits per heavy atom. The van der Waals surface area contributed by atoms with Crippen molar-refractivity contribution in [3.63, 3.8) is 0 Å². The van der Waals surface area contributed by atoms with Crippen molar-refractivity contribution >= 4 is 17.0 Å². The molecule has 2 aliphatic heterocycles. The van der Waals surface area contributed by atoms with Gasteiger partial charge in [0.05, 0.1) is 12.1 Å². The highest BCUT2D eigenvalue weighted by Crippen LogP contribution is 2.46. The summed E-state index contributed by atoms with van der Waals surface area (Å²) in [7, 11) is 0. The number of amides is 1. The van der Waals surface area contributed by atoms with Crippen molar-refractivity contribution in [1.82, 2.24) is 9.88 Å². The third kappa shape index (κ3) is 3.14. The zero-order valence-corrected chi connectivity index (χ0v) is 16.3. The third-order valence-electron chi connectivity index (χ3n) is 5.54. The van der Waals surface area contributed by atoms with E-state index in [0.717, 1.165) is 33.5 Å². The summed E-state index contributed by atoms with van der Waals surface area (Å²) in [6.07, 6.45) is 2.74. The van der Waals surface area contributed by atoms with E-state index in [4.69, 9.17) is 14.2 Å².